The number of nitrogens with zero attached hydrogens (tertiary/aromatic N) is 2. The van der Waals surface area contributed by atoms with Crippen molar-refractivity contribution in [3.63, 3.8) is 0 Å². The number of aromatic nitrogens is 1. The van der Waals surface area contributed by atoms with E-state index in [-0.39, 0.29) is 8.82 Å². The second-order valence-electron chi connectivity index (χ2n) is 4.60. The van der Waals surface area contributed by atoms with Crippen molar-refractivity contribution in [2.75, 3.05) is 18.0 Å². The second kappa shape index (κ2) is 5.45. The van der Waals surface area contributed by atoms with Crippen LogP contribution in [0.5, 0.6) is 5.75 Å². The molecule has 0 fully saturated rings. The lowest BCUT2D eigenvalue weighted by molar-refractivity contribution is 0.412. The summed E-state index contributed by atoms with van der Waals surface area (Å²) in [5, 5.41) is 0. The Labute approximate surface area is 137 Å². The number of alkyl halides is 1. The van der Waals surface area contributed by atoms with Gasteiger partial charge >= 0.3 is 0 Å². The average Bonchev–Trinajstić information content (AvgIpc) is 2.85. The topological polar surface area (TPSA) is 59.5 Å². The zero-order chi connectivity index (χ0) is 15.0. The molecule has 0 radical (unpaired) electrons. The van der Waals surface area contributed by atoms with E-state index in [1.165, 1.54) is 4.31 Å². The first-order valence-corrected chi connectivity index (χ1v) is 8.98. The van der Waals surface area contributed by atoms with Gasteiger partial charge in [0.15, 0.2) is 0 Å². The molecule has 0 aliphatic carbocycles. The van der Waals surface area contributed by atoms with Crippen LogP contribution in [-0.2, 0) is 10.0 Å². The van der Waals surface area contributed by atoms with Crippen molar-refractivity contribution in [1.29, 1.82) is 0 Å². The number of halogens is 1. The van der Waals surface area contributed by atoms with Gasteiger partial charge in [0.2, 0.25) is 0 Å². The highest BCUT2D eigenvalue weighted by Gasteiger charge is 2.36. The van der Waals surface area contributed by atoms with Gasteiger partial charge in [-0.1, -0.05) is 40.8 Å². The van der Waals surface area contributed by atoms with Gasteiger partial charge in [-0.25, -0.2) is 17.7 Å². The van der Waals surface area contributed by atoms with Crippen molar-refractivity contribution in [3.05, 3.63) is 48.2 Å². The predicted molar refractivity (Wildman–Crippen MR) is 88.5 cm³/mol. The van der Waals surface area contributed by atoms with Gasteiger partial charge in [0.25, 0.3) is 10.0 Å². The zero-order valence-corrected chi connectivity index (χ0v) is 14.2. The Morgan fingerprint density at radius 3 is 2.71 bits per heavy atom. The van der Waals surface area contributed by atoms with Crippen molar-refractivity contribution in [1.82, 2.24) is 4.98 Å². The van der Waals surface area contributed by atoms with Gasteiger partial charge in [-0.2, -0.15) is 0 Å². The van der Waals surface area contributed by atoms with Crippen LogP contribution in [-0.4, -0.2) is 27.1 Å². The van der Waals surface area contributed by atoms with Crippen molar-refractivity contribution in [3.8, 4) is 5.75 Å². The minimum Gasteiger partial charge on any atom is -0.495 e. The number of pyridine rings is 1. The molecule has 1 atom stereocenters. The fourth-order valence-electron chi connectivity index (χ4n) is 2.27. The normalized spacial score (nSPS) is 17.6. The maximum atomic E-state index is 12.7. The molecule has 5 nitrogen and oxygen atoms in total. The van der Waals surface area contributed by atoms with E-state index in [1.54, 1.807) is 43.6 Å². The molecular formula is C14H13IN2O3S. The third kappa shape index (κ3) is 2.48. The van der Waals surface area contributed by atoms with Gasteiger partial charge in [0, 0.05) is 5.56 Å². The SMILES string of the molecule is COc1cnc2c(c1)C(I)CN2S(=O)(=O)c1ccccc1. The Morgan fingerprint density at radius 2 is 2.05 bits per heavy atom. The van der Waals surface area contributed by atoms with Crippen LogP contribution in [0.15, 0.2) is 47.5 Å². The van der Waals surface area contributed by atoms with E-state index in [1.807, 2.05) is 6.07 Å². The smallest absolute Gasteiger partial charge is 0.265 e. The molecule has 0 saturated carbocycles. The van der Waals surface area contributed by atoms with E-state index in [4.69, 9.17) is 4.74 Å². The van der Waals surface area contributed by atoms with Gasteiger partial charge < -0.3 is 4.74 Å². The zero-order valence-electron chi connectivity index (χ0n) is 11.2. The monoisotopic (exact) mass is 416 g/mol. The van der Waals surface area contributed by atoms with Crippen LogP contribution in [0.2, 0.25) is 0 Å². The summed E-state index contributed by atoms with van der Waals surface area (Å²) in [4.78, 5) is 4.55. The molecule has 1 aromatic carbocycles. The molecule has 1 aromatic heterocycles. The van der Waals surface area contributed by atoms with Crippen LogP contribution in [0, 0.1) is 0 Å². The van der Waals surface area contributed by atoms with Gasteiger partial charge in [-0.3, -0.25) is 0 Å². The van der Waals surface area contributed by atoms with Gasteiger partial charge in [0.05, 0.1) is 28.7 Å². The van der Waals surface area contributed by atoms with Crippen molar-refractivity contribution < 1.29 is 13.2 Å². The van der Waals surface area contributed by atoms with E-state index < -0.39 is 10.0 Å². The van der Waals surface area contributed by atoms with Crippen LogP contribution in [0.4, 0.5) is 5.82 Å². The van der Waals surface area contributed by atoms with Crippen LogP contribution in [0.25, 0.3) is 0 Å². The molecule has 0 bridgehead atoms. The lowest BCUT2D eigenvalue weighted by Crippen LogP contribution is -2.29. The largest absolute Gasteiger partial charge is 0.495 e. The molecule has 0 N–H and O–H groups in total. The highest BCUT2D eigenvalue weighted by Crippen LogP contribution is 2.42. The highest BCUT2D eigenvalue weighted by molar-refractivity contribution is 14.1. The summed E-state index contributed by atoms with van der Waals surface area (Å²) in [5.41, 5.74) is 0.884. The van der Waals surface area contributed by atoms with Gasteiger partial charge in [-0.15, -0.1) is 0 Å². The number of hydrogen-bond donors (Lipinski definition) is 0. The van der Waals surface area contributed by atoms with Crippen LogP contribution in [0.1, 0.15) is 9.49 Å². The Kier molecular flexibility index (Phi) is 3.78. The molecule has 21 heavy (non-hydrogen) atoms. The number of hydrogen-bond acceptors (Lipinski definition) is 4. The van der Waals surface area contributed by atoms with Crippen molar-refractivity contribution >= 4 is 38.4 Å². The fourth-order valence-corrected chi connectivity index (χ4v) is 4.87. The standard InChI is InChI=1S/C14H13IN2O3S/c1-20-10-7-12-13(15)9-17(14(12)16-8-10)21(18,19)11-5-3-2-4-6-11/h2-8,13H,9H2,1H3. The van der Waals surface area contributed by atoms with E-state index in [0.717, 1.165) is 5.56 Å². The van der Waals surface area contributed by atoms with Crippen LogP contribution in [0.3, 0.4) is 0 Å². The Bertz CT molecular complexity index is 765. The maximum absolute atomic E-state index is 12.7. The molecule has 7 heteroatoms. The summed E-state index contributed by atoms with van der Waals surface area (Å²) in [5.74, 6) is 1.12. The van der Waals surface area contributed by atoms with Crippen LogP contribution >= 0.6 is 22.6 Å². The van der Waals surface area contributed by atoms with E-state index >= 15 is 0 Å². The van der Waals surface area contributed by atoms with Crippen LogP contribution < -0.4 is 9.04 Å². The molecule has 0 amide bonds. The molecule has 3 rings (SSSR count). The van der Waals surface area contributed by atoms with E-state index in [0.29, 0.717) is 18.1 Å². The number of anilines is 1. The molecule has 1 aliphatic rings. The minimum absolute atomic E-state index is 0.0543. The molecule has 2 aromatic rings. The predicted octanol–water partition coefficient (Wildman–Crippen LogP) is 2.78. The molecule has 0 saturated heterocycles. The summed E-state index contributed by atoms with van der Waals surface area (Å²) in [6, 6.07) is 10.3. The summed E-state index contributed by atoms with van der Waals surface area (Å²) < 4.78 is 32.1. The lowest BCUT2D eigenvalue weighted by atomic mass is 10.2. The molecule has 1 unspecified atom stereocenters. The maximum Gasteiger partial charge on any atom is 0.265 e. The van der Waals surface area contributed by atoms with Crippen molar-refractivity contribution in [2.24, 2.45) is 0 Å². The Balaban J connectivity index is 2.08. The number of sulfonamides is 1. The lowest BCUT2D eigenvalue weighted by Gasteiger charge is -2.18. The number of fused-ring (bicyclic) bond motifs is 1. The highest BCUT2D eigenvalue weighted by atomic mass is 127. The van der Waals surface area contributed by atoms with E-state index in [2.05, 4.69) is 27.6 Å². The first-order valence-electron chi connectivity index (χ1n) is 6.30. The van der Waals surface area contributed by atoms with E-state index in [9.17, 15) is 8.42 Å². The summed E-state index contributed by atoms with van der Waals surface area (Å²) in [6.45, 7) is 0.382. The van der Waals surface area contributed by atoms with Crippen molar-refractivity contribution in [2.45, 2.75) is 8.82 Å². The third-order valence-electron chi connectivity index (χ3n) is 3.34. The second-order valence-corrected chi connectivity index (χ2v) is 7.97. The first-order chi connectivity index (χ1) is 10.0. The Morgan fingerprint density at radius 1 is 1.33 bits per heavy atom. The third-order valence-corrected chi connectivity index (χ3v) is 6.17. The van der Waals surface area contributed by atoms with Gasteiger partial charge in [0.1, 0.15) is 11.6 Å². The molecular weight excluding hydrogens is 403 g/mol. The summed E-state index contributed by atoms with van der Waals surface area (Å²) in [6.07, 6.45) is 1.54. The fraction of sp³-hybridized carbons (Fsp3) is 0.214. The number of rotatable bonds is 3. The van der Waals surface area contributed by atoms with Gasteiger partial charge in [-0.05, 0) is 18.2 Å². The molecule has 110 valence electrons. The quantitative estimate of drug-likeness (QED) is 0.571. The average molecular weight is 416 g/mol. The first kappa shape index (κ1) is 14.6. The molecule has 2 heterocycles. The summed E-state index contributed by atoms with van der Waals surface area (Å²) in [7, 11) is -2.01. The Hall–Kier alpha value is -1.35. The molecule has 1 aliphatic heterocycles. The number of benzene rings is 1. The summed E-state index contributed by atoms with van der Waals surface area (Å²) >= 11 is 2.23. The molecule has 0 spiro atoms. The minimum atomic E-state index is -3.58. The number of ether oxygens (including phenoxy) is 1. The number of methoxy groups -OCH3 is 1.